The second kappa shape index (κ2) is 6.31. The van der Waals surface area contributed by atoms with Crippen molar-refractivity contribution in [2.45, 2.75) is 38.5 Å². The van der Waals surface area contributed by atoms with E-state index in [1.54, 1.807) is 16.8 Å². The van der Waals surface area contributed by atoms with Crippen LogP contribution in [0, 0.1) is 11.7 Å². The monoisotopic (exact) mass is 342 g/mol. The van der Waals surface area contributed by atoms with Crippen LogP contribution >= 0.6 is 0 Å². The molecule has 1 aromatic heterocycles. The van der Waals surface area contributed by atoms with Crippen LogP contribution in [0.2, 0.25) is 0 Å². The SMILES string of the molecule is O=C(NNC(=O)C1CC1)c1nn(-c2ccc(F)cc2)c2c1CCCC2. The van der Waals surface area contributed by atoms with Gasteiger partial charge in [-0.25, -0.2) is 9.07 Å². The molecule has 6 nitrogen and oxygen atoms in total. The van der Waals surface area contributed by atoms with Crippen molar-refractivity contribution in [3.63, 3.8) is 0 Å². The van der Waals surface area contributed by atoms with E-state index in [4.69, 9.17) is 0 Å². The number of hydrogen-bond acceptors (Lipinski definition) is 3. The van der Waals surface area contributed by atoms with Gasteiger partial charge in [0.15, 0.2) is 5.69 Å². The van der Waals surface area contributed by atoms with Crippen molar-refractivity contribution in [3.8, 4) is 5.69 Å². The van der Waals surface area contributed by atoms with Gasteiger partial charge in [-0.2, -0.15) is 5.10 Å². The highest BCUT2D eigenvalue weighted by molar-refractivity contribution is 5.95. The number of halogens is 1. The summed E-state index contributed by atoms with van der Waals surface area (Å²) in [5.41, 5.74) is 7.88. The molecular formula is C18H19FN4O2. The molecule has 2 aromatic rings. The van der Waals surface area contributed by atoms with Crippen molar-refractivity contribution < 1.29 is 14.0 Å². The average molecular weight is 342 g/mol. The number of fused-ring (bicyclic) bond motifs is 1. The summed E-state index contributed by atoms with van der Waals surface area (Å²) < 4.78 is 14.9. The van der Waals surface area contributed by atoms with Gasteiger partial charge in [0, 0.05) is 17.2 Å². The largest absolute Gasteiger partial charge is 0.290 e. The van der Waals surface area contributed by atoms with E-state index in [9.17, 15) is 14.0 Å². The Labute approximate surface area is 144 Å². The first-order valence-electron chi connectivity index (χ1n) is 8.60. The third-order valence-corrected chi connectivity index (χ3v) is 4.71. The Morgan fingerprint density at radius 2 is 1.80 bits per heavy atom. The molecule has 1 saturated carbocycles. The molecule has 0 unspecified atom stereocenters. The third-order valence-electron chi connectivity index (χ3n) is 4.71. The predicted octanol–water partition coefficient (Wildman–Crippen LogP) is 2.06. The summed E-state index contributed by atoms with van der Waals surface area (Å²) in [5, 5.41) is 4.46. The Hall–Kier alpha value is -2.70. The molecule has 0 atom stereocenters. The maximum absolute atomic E-state index is 13.2. The minimum Gasteiger partial charge on any atom is -0.273 e. The van der Waals surface area contributed by atoms with E-state index >= 15 is 0 Å². The number of carbonyl (C=O) groups excluding carboxylic acids is 2. The van der Waals surface area contributed by atoms with Gasteiger partial charge in [0.1, 0.15) is 5.82 Å². The molecule has 7 heteroatoms. The van der Waals surface area contributed by atoms with Crippen LogP contribution in [0.15, 0.2) is 24.3 Å². The number of nitrogens with one attached hydrogen (secondary N) is 2. The van der Waals surface area contributed by atoms with E-state index in [0.29, 0.717) is 5.69 Å². The van der Waals surface area contributed by atoms with Crippen molar-refractivity contribution in [2.24, 2.45) is 5.92 Å². The molecule has 2 aliphatic rings. The fourth-order valence-corrected chi connectivity index (χ4v) is 3.20. The molecule has 130 valence electrons. The summed E-state index contributed by atoms with van der Waals surface area (Å²) in [6, 6.07) is 6.05. The minimum atomic E-state index is -0.409. The maximum atomic E-state index is 13.2. The van der Waals surface area contributed by atoms with Crippen LogP contribution in [0.5, 0.6) is 0 Å². The highest BCUT2D eigenvalue weighted by Gasteiger charge is 2.31. The van der Waals surface area contributed by atoms with Crippen LogP contribution in [0.25, 0.3) is 5.69 Å². The molecule has 4 rings (SSSR count). The van der Waals surface area contributed by atoms with Crippen LogP contribution < -0.4 is 10.9 Å². The molecular weight excluding hydrogens is 323 g/mol. The number of nitrogens with zero attached hydrogens (tertiary/aromatic N) is 2. The van der Waals surface area contributed by atoms with Gasteiger partial charge in [-0.1, -0.05) is 0 Å². The molecule has 0 aliphatic heterocycles. The first-order valence-corrected chi connectivity index (χ1v) is 8.60. The maximum Gasteiger partial charge on any atom is 0.290 e. The van der Waals surface area contributed by atoms with Crippen LogP contribution in [0.4, 0.5) is 4.39 Å². The first kappa shape index (κ1) is 15.8. The predicted molar refractivity (Wildman–Crippen MR) is 88.5 cm³/mol. The number of hydrazine groups is 1. The second-order valence-electron chi connectivity index (χ2n) is 6.59. The minimum absolute atomic E-state index is 0.0194. The van der Waals surface area contributed by atoms with E-state index in [1.807, 2.05) is 0 Å². The summed E-state index contributed by atoms with van der Waals surface area (Å²) in [4.78, 5) is 24.2. The molecule has 0 saturated heterocycles. The van der Waals surface area contributed by atoms with Gasteiger partial charge < -0.3 is 0 Å². The average Bonchev–Trinajstić information content (AvgIpc) is 3.41. The fraction of sp³-hybridized carbons (Fsp3) is 0.389. The van der Waals surface area contributed by atoms with Crippen LogP contribution in [-0.4, -0.2) is 21.6 Å². The van der Waals surface area contributed by atoms with E-state index in [1.165, 1.54) is 12.1 Å². The Kier molecular flexibility index (Phi) is 3.99. The molecule has 1 aromatic carbocycles. The summed E-state index contributed by atoms with van der Waals surface area (Å²) >= 11 is 0. The van der Waals surface area contributed by atoms with Crippen molar-refractivity contribution in [3.05, 3.63) is 47.0 Å². The van der Waals surface area contributed by atoms with Crippen LogP contribution in [0.1, 0.15) is 47.4 Å². The smallest absolute Gasteiger partial charge is 0.273 e. The molecule has 0 radical (unpaired) electrons. The topological polar surface area (TPSA) is 76.0 Å². The molecule has 0 bridgehead atoms. The molecule has 1 fully saturated rings. The standard InChI is InChI=1S/C18H19FN4O2/c19-12-7-9-13(10-8-12)23-15-4-2-1-3-14(15)16(22-23)18(25)21-20-17(24)11-5-6-11/h7-11H,1-6H2,(H,20,24)(H,21,25). The van der Waals surface area contributed by atoms with Gasteiger partial charge in [-0.15, -0.1) is 0 Å². The highest BCUT2D eigenvalue weighted by Crippen LogP contribution is 2.29. The molecule has 25 heavy (non-hydrogen) atoms. The summed E-state index contributed by atoms with van der Waals surface area (Å²) in [6.45, 7) is 0. The van der Waals surface area contributed by atoms with Crippen LogP contribution in [-0.2, 0) is 17.6 Å². The first-order chi connectivity index (χ1) is 12.1. The summed E-state index contributed by atoms with van der Waals surface area (Å²) in [6.07, 6.45) is 5.36. The lowest BCUT2D eigenvalue weighted by atomic mass is 9.95. The number of hydrogen-bond donors (Lipinski definition) is 2. The van der Waals surface area contributed by atoms with Crippen molar-refractivity contribution >= 4 is 11.8 Å². The van der Waals surface area contributed by atoms with Gasteiger partial charge in [0.05, 0.1) is 5.69 Å². The number of amides is 2. The lowest BCUT2D eigenvalue weighted by molar-refractivity contribution is -0.123. The van der Waals surface area contributed by atoms with Gasteiger partial charge in [0.25, 0.3) is 5.91 Å². The zero-order valence-electron chi connectivity index (χ0n) is 13.7. The second-order valence-corrected chi connectivity index (χ2v) is 6.59. The zero-order valence-corrected chi connectivity index (χ0v) is 13.7. The van der Waals surface area contributed by atoms with Crippen molar-refractivity contribution in [1.29, 1.82) is 0 Å². The summed E-state index contributed by atoms with van der Waals surface area (Å²) in [5.74, 6) is -0.857. The third kappa shape index (κ3) is 3.14. The lowest BCUT2D eigenvalue weighted by Crippen LogP contribution is -2.42. The zero-order chi connectivity index (χ0) is 17.4. The summed E-state index contributed by atoms with van der Waals surface area (Å²) in [7, 11) is 0. The Bertz CT molecular complexity index is 824. The van der Waals surface area contributed by atoms with E-state index in [0.717, 1.165) is 55.5 Å². The van der Waals surface area contributed by atoms with Gasteiger partial charge >= 0.3 is 0 Å². The van der Waals surface area contributed by atoms with E-state index < -0.39 is 5.91 Å². The number of aromatic nitrogens is 2. The Morgan fingerprint density at radius 3 is 2.52 bits per heavy atom. The van der Waals surface area contributed by atoms with Crippen molar-refractivity contribution in [2.75, 3.05) is 0 Å². The van der Waals surface area contributed by atoms with Gasteiger partial charge in [0.2, 0.25) is 5.91 Å². The van der Waals surface area contributed by atoms with E-state index in [-0.39, 0.29) is 17.6 Å². The Morgan fingerprint density at radius 1 is 1.08 bits per heavy atom. The van der Waals surface area contributed by atoms with Crippen LogP contribution in [0.3, 0.4) is 0 Å². The normalized spacial score (nSPS) is 16.2. The lowest BCUT2D eigenvalue weighted by Gasteiger charge is -2.14. The van der Waals surface area contributed by atoms with Gasteiger partial charge in [-0.05, 0) is 62.8 Å². The quantitative estimate of drug-likeness (QED) is 0.839. The number of carbonyl (C=O) groups is 2. The molecule has 2 amide bonds. The number of benzene rings is 1. The van der Waals surface area contributed by atoms with Gasteiger partial charge in [-0.3, -0.25) is 20.4 Å². The van der Waals surface area contributed by atoms with E-state index in [2.05, 4.69) is 16.0 Å². The fourth-order valence-electron chi connectivity index (χ4n) is 3.20. The Balaban J connectivity index is 1.62. The molecule has 2 N–H and O–H groups in total. The molecule has 0 spiro atoms. The van der Waals surface area contributed by atoms with Crippen molar-refractivity contribution in [1.82, 2.24) is 20.6 Å². The number of rotatable bonds is 3. The highest BCUT2D eigenvalue weighted by atomic mass is 19.1. The molecule has 2 aliphatic carbocycles. The molecule has 1 heterocycles.